The molecule has 138 valence electrons. The number of nitrogens with zero attached hydrogens (tertiary/aromatic N) is 1. The lowest BCUT2D eigenvalue weighted by molar-refractivity contribution is -0.160. The van der Waals surface area contributed by atoms with E-state index in [2.05, 4.69) is 26.6 Å². The molecule has 0 radical (unpaired) electrons. The molecule has 2 unspecified atom stereocenters. The molecule has 2 atom stereocenters. The maximum Gasteiger partial charge on any atom is 0.407 e. The number of nitrogens with one attached hydrogen (secondary N) is 2. The van der Waals surface area contributed by atoms with Gasteiger partial charge in [-0.2, -0.15) is 18.4 Å². The van der Waals surface area contributed by atoms with Crippen molar-refractivity contribution in [2.24, 2.45) is 0 Å². The smallest absolute Gasteiger partial charge is 0.342 e. The highest BCUT2D eigenvalue weighted by atomic mass is 79.9. The molecule has 11 heteroatoms. The lowest BCUT2D eigenvalue weighted by atomic mass is 10.1. The molecule has 0 saturated heterocycles. The Bertz CT molecular complexity index is 745. The van der Waals surface area contributed by atoms with Crippen LogP contribution in [-0.2, 0) is 14.6 Å². The molecule has 0 aliphatic carbocycles. The second-order valence-electron chi connectivity index (χ2n) is 5.21. The monoisotopic (exact) mass is 441 g/mol. The molecule has 0 fully saturated rings. The first kappa shape index (κ1) is 21.4. The molecular weight excluding hydrogens is 427 g/mol. The number of sulfone groups is 1. The molecule has 1 aromatic rings. The summed E-state index contributed by atoms with van der Waals surface area (Å²) >= 11 is 3.11. The summed E-state index contributed by atoms with van der Waals surface area (Å²) in [7, 11) is -3.75. The highest BCUT2D eigenvalue weighted by molar-refractivity contribution is 9.10. The lowest BCUT2D eigenvalue weighted by Gasteiger charge is -2.27. The fourth-order valence-corrected chi connectivity index (χ4v) is 3.11. The molecule has 2 N–H and O–H groups in total. The number of nitriles is 1. The molecule has 0 saturated carbocycles. The van der Waals surface area contributed by atoms with Gasteiger partial charge in [0.2, 0.25) is 5.91 Å². The van der Waals surface area contributed by atoms with Gasteiger partial charge in [0.15, 0.2) is 0 Å². The molecule has 0 aliphatic rings. The predicted molar refractivity (Wildman–Crippen MR) is 88.2 cm³/mol. The van der Waals surface area contributed by atoms with E-state index in [9.17, 15) is 26.4 Å². The van der Waals surface area contributed by atoms with E-state index >= 15 is 0 Å². The zero-order valence-corrected chi connectivity index (χ0v) is 15.4. The molecule has 0 aliphatic heterocycles. The van der Waals surface area contributed by atoms with E-state index in [-0.39, 0.29) is 5.56 Å². The molecule has 1 amide bonds. The molecule has 1 rings (SSSR count). The van der Waals surface area contributed by atoms with E-state index in [0.717, 1.165) is 6.26 Å². The van der Waals surface area contributed by atoms with Crippen molar-refractivity contribution in [2.45, 2.75) is 18.3 Å². The Hall–Kier alpha value is -1.64. The van der Waals surface area contributed by atoms with Crippen molar-refractivity contribution in [3.8, 4) is 6.07 Å². The Morgan fingerprint density at radius 3 is 2.32 bits per heavy atom. The summed E-state index contributed by atoms with van der Waals surface area (Å²) in [4.78, 5) is 12.0. The number of carbonyl (C=O) groups is 1. The number of benzene rings is 1. The quantitative estimate of drug-likeness (QED) is 0.627. The maximum atomic E-state index is 13.4. The third-order valence-corrected chi connectivity index (χ3v) is 4.49. The zero-order chi connectivity index (χ0) is 19.3. The third-order valence-electron chi connectivity index (χ3n) is 3.03. The average Bonchev–Trinajstić information content (AvgIpc) is 2.47. The van der Waals surface area contributed by atoms with Gasteiger partial charge in [0.1, 0.15) is 28.5 Å². The van der Waals surface area contributed by atoms with Crippen LogP contribution in [0.15, 0.2) is 28.7 Å². The van der Waals surface area contributed by atoms with Gasteiger partial charge in [0.05, 0.1) is 11.8 Å². The summed E-state index contributed by atoms with van der Waals surface area (Å²) < 4.78 is 63.7. The second kappa shape index (κ2) is 8.64. The molecule has 1 aromatic carbocycles. The number of amides is 1. The Morgan fingerprint density at radius 1 is 1.32 bits per heavy atom. The maximum absolute atomic E-state index is 13.4. The van der Waals surface area contributed by atoms with Crippen molar-refractivity contribution in [1.82, 2.24) is 10.6 Å². The van der Waals surface area contributed by atoms with Crippen LogP contribution in [0.3, 0.4) is 0 Å². The molecular formula is C14H15BrF3N3O3S. The highest BCUT2D eigenvalue weighted by Gasteiger charge is 2.43. The minimum atomic E-state index is -4.76. The van der Waals surface area contributed by atoms with Gasteiger partial charge >= 0.3 is 6.18 Å². The van der Waals surface area contributed by atoms with E-state index in [1.807, 2.05) is 0 Å². The van der Waals surface area contributed by atoms with Crippen LogP contribution in [0.5, 0.6) is 0 Å². The number of halogens is 4. The summed E-state index contributed by atoms with van der Waals surface area (Å²) in [6, 6.07) is 2.90. The van der Waals surface area contributed by atoms with Crippen LogP contribution in [0.2, 0.25) is 0 Å². The zero-order valence-electron chi connectivity index (χ0n) is 13.0. The van der Waals surface area contributed by atoms with E-state index in [0.29, 0.717) is 4.47 Å². The standard InChI is InChI=1S/C14H15BrF3N3O3S/c1-25(23,24)8-11(13(22)20-7-6-19)21-12(14(16,17)18)9-2-4-10(15)5-3-9/h2-5,11-12,21H,7-8H2,1H3,(H,20,22). The summed E-state index contributed by atoms with van der Waals surface area (Å²) in [5.74, 6) is -1.84. The summed E-state index contributed by atoms with van der Waals surface area (Å²) in [5, 5.41) is 12.6. The topological polar surface area (TPSA) is 99.1 Å². The summed E-state index contributed by atoms with van der Waals surface area (Å²) in [6.45, 7) is -0.449. The van der Waals surface area contributed by atoms with Gasteiger partial charge in [-0.1, -0.05) is 28.1 Å². The molecule has 0 heterocycles. The van der Waals surface area contributed by atoms with Crippen molar-refractivity contribution < 1.29 is 26.4 Å². The van der Waals surface area contributed by atoms with Gasteiger partial charge < -0.3 is 5.32 Å². The predicted octanol–water partition coefficient (Wildman–Crippen LogP) is 1.70. The van der Waals surface area contributed by atoms with Crippen LogP contribution in [0.25, 0.3) is 0 Å². The Kier molecular flexibility index (Phi) is 7.40. The second-order valence-corrected chi connectivity index (χ2v) is 8.31. The van der Waals surface area contributed by atoms with E-state index in [1.165, 1.54) is 24.3 Å². The molecule has 0 aromatic heterocycles. The summed E-state index contributed by atoms with van der Waals surface area (Å²) in [6.07, 6.45) is -3.96. The van der Waals surface area contributed by atoms with Gasteiger partial charge in [-0.25, -0.2) is 8.42 Å². The van der Waals surface area contributed by atoms with E-state index < -0.39 is 46.3 Å². The van der Waals surface area contributed by atoms with Crippen molar-refractivity contribution in [3.05, 3.63) is 34.3 Å². The fourth-order valence-electron chi connectivity index (χ4n) is 1.99. The Labute approximate surface area is 151 Å². The number of carbonyl (C=O) groups excluding carboxylic acids is 1. The molecule has 0 spiro atoms. The van der Waals surface area contributed by atoms with Gasteiger partial charge in [-0.3, -0.25) is 10.1 Å². The first-order valence-electron chi connectivity index (χ1n) is 6.84. The van der Waals surface area contributed by atoms with Gasteiger partial charge in [-0.05, 0) is 17.7 Å². The largest absolute Gasteiger partial charge is 0.407 e. The van der Waals surface area contributed by atoms with Crippen LogP contribution in [0.4, 0.5) is 13.2 Å². The lowest BCUT2D eigenvalue weighted by Crippen LogP contribution is -2.52. The molecule has 6 nitrogen and oxygen atoms in total. The Morgan fingerprint density at radius 2 is 1.88 bits per heavy atom. The van der Waals surface area contributed by atoms with Crippen molar-refractivity contribution in [2.75, 3.05) is 18.6 Å². The number of rotatable bonds is 7. The number of hydrogen-bond donors (Lipinski definition) is 2. The van der Waals surface area contributed by atoms with Crippen LogP contribution in [0, 0.1) is 11.3 Å². The summed E-state index contributed by atoms with van der Waals surface area (Å²) in [5.41, 5.74) is -0.178. The fraction of sp³-hybridized carbons (Fsp3) is 0.429. The minimum absolute atomic E-state index is 0.178. The van der Waals surface area contributed by atoms with Crippen molar-refractivity contribution in [1.29, 1.82) is 5.26 Å². The van der Waals surface area contributed by atoms with Crippen LogP contribution in [0.1, 0.15) is 11.6 Å². The van der Waals surface area contributed by atoms with Crippen molar-refractivity contribution in [3.63, 3.8) is 0 Å². The van der Waals surface area contributed by atoms with E-state index in [4.69, 9.17) is 5.26 Å². The van der Waals surface area contributed by atoms with E-state index in [1.54, 1.807) is 6.07 Å². The van der Waals surface area contributed by atoms with Crippen LogP contribution >= 0.6 is 15.9 Å². The van der Waals surface area contributed by atoms with Gasteiger partial charge in [-0.15, -0.1) is 0 Å². The van der Waals surface area contributed by atoms with Crippen molar-refractivity contribution >= 4 is 31.7 Å². The SMILES string of the molecule is CS(=O)(=O)CC(NC(c1ccc(Br)cc1)C(F)(F)F)C(=O)NCC#N. The van der Waals surface area contributed by atoms with Crippen LogP contribution < -0.4 is 10.6 Å². The first-order chi connectivity index (χ1) is 11.4. The van der Waals surface area contributed by atoms with Crippen LogP contribution in [-0.4, -0.2) is 45.1 Å². The van der Waals surface area contributed by atoms with Gasteiger partial charge in [0, 0.05) is 10.7 Å². The normalized spacial score (nSPS) is 14.4. The average molecular weight is 442 g/mol. The minimum Gasteiger partial charge on any atom is -0.342 e. The first-order valence-corrected chi connectivity index (χ1v) is 9.70. The molecule has 25 heavy (non-hydrogen) atoms. The Balaban J connectivity index is 3.15. The number of alkyl halides is 3. The molecule has 0 bridgehead atoms. The third kappa shape index (κ3) is 7.41. The van der Waals surface area contributed by atoms with Gasteiger partial charge in [0.25, 0.3) is 0 Å². The highest BCUT2D eigenvalue weighted by Crippen LogP contribution is 2.33. The number of hydrogen-bond acceptors (Lipinski definition) is 5.